The van der Waals surface area contributed by atoms with Crippen LogP contribution in [0.4, 0.5) is 0 Å². The molecule has 4 rings (SSSR count). The number of rotatable bonds is 1. The molecule has 0 N–H and O–H groups in total. The summed E-state index contributed by atoms with van der Waals surface area (Å²) in [5.74, 6) is 0.837. The van der Waals surface area contributed by atoms with Crippen molar-refractivity contribution in [2.24, 2.45) is 22.2 Å². The van der Waals surface area contributed by atoms with E-state index in [0.29, 0.717) is 23.3 Å². The summed E-state index contributed by atoms with van der Waals surface area (Å²) in [6.07, 6.45) is 13.5. The van der Waals surface area contributed by atoms with Crippen molar-refractivity contribution >= 4 is 23.2 Å². The Morgan fingerprint density at radius 2 is 2.00 bits per heavy atom. The number of carbonyl (C=O) groups is 1. The molecular formula is C22H30N2O2S. The monoisotopic (exact) mass is 386 g/mol. The summed E-state index contributed by atoms with van der Waals surface area (Å²) >= 11 is 5.53. The Balaban J connectivity index is 1.65. The van der Waals surface area contributed by atoms with Crippen LogP contribution in [0.5, 0.6) is 0 Å². The van der Waals surface area contributed by atoms with Gasteiger partial charge in [-0.15, -0.1) is 0 Å². The van der Waals surface area contributed by atoms with E-state index in [1.807, 2.05) is 6.20 Å². The fourth-order valence-electron chi connectivity index (χ4n) is 6.33. The summed E-state index contributed by atoms with van der Waals surface area (Å²) in [7, 11) is 0. The number of aromatic nitrogens is 2. The molecule has 0 radical (unpaired) electrons. The molecule has 146 valence electrons. The van der Waals surface area contributed by atoms with Gasteiger partial charge in [0.05, 0.1) is 0 Å². The lowest BCUT2D eigenvalue weighted by molar-refractivity contribution is -0.143. The van der Waals surface area contributed by atoms with Gasteiger partial charge in [0, 0.05) is 29.6 Å². The van der Waals surface area contributed by atoms with Crippen LogP contribution in [0.2, 0.25) is 0 Å². The maximum absolute atomic E-state index is 12.6. The minimum absolute atomic E-state index is 0.0232. The molecule has 3 aliphatic rings. The van der Waals surface area contributed by atoms with Gasteiger partial charge in [0.1, 0.15) is 18.2 Å². The molecule has 4 nitrogen and oxygen atoms in total. The number of fused-ring (bicyclic) bond motifs is 3. The van der Waals surface area contributed by atoms with Crippen LogP contribution in [0.25, 0.3) is 0 Å². The van der Waals surface area contributed by atoms with Crippen LogP contribution in [0.15, 0.2) is 30.4 Å². The lowest BCUT2D eigenvalue weighted by Crippen LogP contribution is -2.57. The highest BCUT2D eigenvalue weighted by atomic mass is 32.1. The van der Waals surface area contributed by atoms with E-state index in [-0.39, 0.29) is 22.3 Å². The van der Waals surface area contributed by atoms with Gasteiger partial charge in [-0.05, 0) is 55.7 Å². The average molecular weight is 387 g/mol. The highest BCUT2D eigenvalue weighted by molar-refractivity contribution is 7.80. The number of ether oxygens (including phenoxy) is 1. The van der Waals surface area contributed by atoms with Gasteiger partial charge >= 0.3 is 0 Å². The molecule has 0 aromatic carbocycles. The first kappa shape index (κ1) is 18.9. The Morgan fingerprint density at radius 1 is 1.22 bits per heavy atom. The Morgan fingerprint density at radius 3 is 2.70 bits per heavy atom. The summed E-state index contributed by atoms with van der Waals surface area (Å²) in [4.78, 5) is 16.7. The third kappa shape index (κ3) is 2.72. The number of Topliss-reactive ketones (excluding diaryl/α,β-unsaturated/α-hetero) is 1. The molecule has 2 fully saturated rings. The maximum Gasteiger partial charge on any atom is 0.269 e. The van der Waals surface area contributed by atoms with E-state index < -0.39 is 0 Å². The quantitative estimate of drug-likeness (QED) is 0.507. The number of carbonyl (C=O) groups excluding carboxylic acids is 1. The predicted molar refractivity (Wildman–Crippen MR) is 109 cm³/mol. The van der Waals surface area contributed by atoms with Crippen molar-refractivity contribution in [2.45, 2.75) is 72.3 Å². The van der Waals surface area contributed by atoms with Crippen molar-refractivity contribution in [3.05, 3.63) is 30.4 Å². The number of ketones is 1. The zero-order chi connectivity index (χ0) is 19.4. The molecule has 1 heterocycles. The van der Waals surface area contributed by atoms with E-state index in [0.717, 1.165) is 32.1 Å². The molecule has 3 aliphatic carbocycles. The van der Waals surface area contributed by atoms with Crippen LogP contribution < -0.4 is 0 Å². The summed E-state index contributed by atoms with van der Waals surface area (Å²) in [5.41, 5.74) is 1.32. The van der Waals surface area contributed by atoms with Crippen molar-refractivity contribution in [1.29, 1.82) is 0 Å². The average Bonchev–Trinajstić information content (AvgIpc) is 3.14. The summed E-state index contributed by atoms with van der Waals surface area (Å²) < 4.78 is 8.12. The molecule has 2 unspecified atom stereocenters. The van der Waals surface area contributed by atoms with Gasteiger partial charge in [-0.3, -0.25) is 9.36 Å². The molecule has 27 heavy (non-hydrogen) atoms. The van der Waals surface area contributed by atoms with E-state index in [2.05, 4.69) is 38.8 Å². The highest BCUT2D eigenvalue weighted by Gasteiger charge is 2.60. The first-order valence-corrected chi connectivity index (χ1v) is 10.5. The predicted octanol–water partition coefficient (Wildman–Crippen LogP) is 4.93. The summed E-state index contributed by atoms with van der Waals surface area (Å²) in [6.45, 7) is 9.06. The summed E-state index contributed by atoms with van der Waals surface area (Å²) in [6, 6.07) is 0. The molecule has 0 spiro atoms. The van der Waals surface area contributed by atoms with Crippen molar-refractivity contribution in [3.63, 3.8) is 0 Å². The number of hydrogen-bond donors (Lipinski definition) is 0. The topological polar surface area (TPSA) is 44.1 Å². The minimum Gasteiger partial charge on any atom is -0.466 e. The van der Waals surface area contributed by atoms with E-state index in [9.17, 15) is 4.79 Å². The molecule has 5 heteroatoms. The zero-order valence-electron chi connectivity index (χ0n) is 16.8. The lowest BCUT2D eigenvalue weighted by atomic mass is 9.43. The van der Waals surface area contributed by atoms with E-state index in [4.69, 9.17) is 17.0 Å². The largest absolute Gasteiger partial charge is 0.466 e. The molecular weight excluding hydrogens is 356 g/mol. The SMILES string of the molecule is CC1(C)C(=O)CCC2(C)C3=CCC[C@@H](OC(=S)n4ccnc4)C3(C)CC[C@@H]12. The van der Waals surface area contributed by atoms with Gasteiger partial charge in [0.25, 0.3) is 5.17 Å². The lowest BCUT2D eigenvalue weighted by Gasteiger charge is -2.61. The molecule has 0 bridgehead atoms. The van der Waals surface area contributed by atoms with Gasteiger partial charge in [-0.25, -0.2) is 4.98 Å². The summed E-state index contributed by atoms with van der Waals surface area (Å²) in [5, 5.41) is 0.478. The third-order valence-electron chi connectivity index (χ3n) is 7.86. The van der Waals surface area contributed by atoms with E-state index in [1.165, 1.54) is 5.57 Å². The molecule has 2 saturated carbocycles. The van der Waals surface area contributed by atoms with Gasteiger partial charge in [-0.1, -0.05) is 39.3 Å². The Labute approximate surface area is 167 Å². The Kier molecular flexibility index (Phi) is 4.37. The molecule has 0 aliphatic heterocycles. The van der Waals surface area contributed by atoms with Gasteiger partial charge in [0.2, 0.25) is 0 Å². The van der Waals surface area contributed by atoms with E-state index >= 15 is 0 Å². The second-order valence-electron chi connectivity index (χ2n) is 9.61. The zero-order valence-corrected chi connectivity index (χ0v) is 17.6. The van der Waals surface area contributed by atoms with Gasteiger partial charge in [-0.2, -0.15) is 0 Å². The molecule has 0 saturated heterocycles. The fraction of sp³-hybridized carbons (Fsp3) is 0.682. The minimum atomic E-state index is -0.241. The fourth-order valence-corrected chi connectivity index (χ4v) is 6.55. The second-order valence-corrected chi connectivity index (χ2v) is 9.96. The van der Waals surface area contributed by atoms with Crippen molar-refractivity contribution in [3.8, 4) is 0 Å². The van der Waals surface area contributed by atoms with Crippen molar-refractivity contribution < 1.29 is 9.53 Å². The van der Waals surface area contributed by atoms with Gasteiger partial charge in [0.15, 0.2) is 0 Å². The normalized spacial score (nSPS) is 37.8. The maximum atomic E-state index is 12.6. The van der Waals surface area contributed by atoms with Gasteiger partial charge < -0.3 is 4.74 Å². The number of nitrogens with zero attached hydrogens (tertiary/aromatic N) is 2. The number of imidazole rings is 1. The Bertz CT molecular complexity index is 797. The van der Waals surface area contributed by atoms with Crippen molar-refractivity contribution in [2.75, 3.05) is 0 Å². The standard InChI is InChI=1S/C22H30N2O2S/c1-20(2)15-8-10-22(4)16(21(15,3)11-9-17(20)25)6-5-7-18(22)26-19(27)24-13-12-23-14-24/h6,12-15,18H,5,7-11H2,1-4H3/t15-,18+,21?,22?/m0/s1. The van der Waals surface area contributed by atoms with Crippen LogP contribution in [0.3, 0.4) is 0 Å². The smallest absolute Gasteiger partial charge is 0.269 e. The number of thiocarbonyl (C=S) groups is 1. The molecule has 4 atom stereocenters. The highest BCUT2D eigenvalue weighted by Crippen LogP contribution is 2.65. The first-order valence-electron chi connectivity index (χ1n) is 10.1. The second kappa shape index (κ2) is 6.26. The van der Waals surface area contributed by atoms with E-state index in [1.54, 1.807) is 17.1 Å². The third-order valence-corrected chi connectivity index (χ3v) is 8.17. The van der Waals surface area contributed by atoms with Crippen LogP contribution in [-0.2, 0) is 9.53 Å². The van der Waals surface area contributed by atoms with Crippen LogP contribution >= 0.6 is 12.2 Å². The van der Waals surface area contributed by atoms with Crippen LogP contribution in [0, 0.1) is 22.2 Å². The Hall–Kier alpha value is -1.49. The van der Waals surface area contributed by atoms with Crippen LogP contribution in [0.1, 0.15) is 66.2 Å². The molecule has 0 amide bonds. The molecule has 1 aromatic rings. The van der Waals surface area contributed by atoms with Crippen molar-refractivity contribution in [1.82, 2.24) is 9.55 Å². The van der Waals surface area contributed by atoms with Crippen LogP contribution in [-0.4, -0.2) is 26.6 Å². The molecule has 1 aromatic heterocycles. The number of allylic oxidation sites excluding steroid dienone is 1. The first-order chi connectivity index (χ1) is 12.7. The number of hydrogen-bond acceptors (Lipinski definition) is 4.